The van der Waals surface area contributed by atoms with Crippen molar-refractivity contribution in [3.8, 4) is 0 Å². The van der Waals surface area contributed by atoms with Crippen LogP contribution in [0, 0.1) is 11.8 Å². The van der Waals surface area contributed by atoms with E-state index in [4.69, 9.17) is 4.74 Å². The van der Waals surface area contributed by atoms with Gasteiger partial charge in [-0.05, 0) is 51.0 Å². The molecular formula is C11H19NO. The molecule has 0 radical (unpaired) electrons. The van der Waals surface area contributed by atoms with E-state index in [0.29, 0.717) is 12.2 Å². The predicted molar refractivity (Wildman–Crippen MR) is 51.6 cm³/mol. The Balaban J connectivity index is 1.74. The first-order chi connectivity index (χ1) is 6.38. The SMILES string of the molecule is CNC1CCC2C3CCC(O3)C2C1. The lowest BCUT2D eigenvalue weighted by Gasteiger charge is -2.36. The molecule has 2 heterocycles. The largest absolute Gasteiger partial charge is 0.374 e. The summed E-state index contributed by atoms with van der Waals surface area (Å²) in [4.78, 5) is 0. The van der Waals surface area contributed by atoms with Crippen molar-refractivity contribution < 1.29 is 4.74 Å². The van der Waals surface area contributed by atoms with Crippen LogP contribution in [0.1, 0.15) is 32.1 Å². The van der Waals surface area contributed by atoms with E-state index in [9.17, 15) is 0 Å². The van der Waals surface area contributed by atoms with Crippen LogP contribution in [0.5, 0.6) is 0 Å². The molecule has 2 saturated heterocycles. The van der Waals surface area contributed by atoms with Crippen LogP contribution >= 0.6 is 0 Å². The second-order valence-electron chi connectivity index (χ2n) is 4.92. The van der Waals surface area contributed by atoms with E-state index >= 15 is 0 Å². The lowest BCUT2D eigenvalue weighted by molar-refractivity contribution is 0.0874. The number of ether oxygens (including phenoxy) is 1. The maximum absolute atomic E-state index is 5.98. The van der Waals surface area contributed by atoms with Gasteiger partial charge in [-0.2, -0.15) is 0 Å². The second-order valence-corrected chi connectivity index (χ2v) is 4.92. The number of hydrogen-bond donors (Lipinski definition) is 1. The fourth-order valence-corrected chi connectivity index (χ4v) is 3.70. The van der Waals surface area contributed by atoms with E-state index in [0.717, 1.165) is 17.9 Å². The Kier molecular flexibility index (Phi) is 1.88. The van der Waals surface area contributed by atoms with Crippen molar-refractivity contribution in [3.63, 3.8) is 0 Å². The molecule has 74 valence electrons. The monoisotopic (exact) mass is 181 g/mol. The van der Waals surface area contributed by atoms with Crippen LogP contribution in [0.3, 0.4) is 0 Å². The van der Waals surface area contributed by atoms with E-state index in [1.807, 2.05) is 0 Å². The van der Waals surface area contributed by atoms with Crippen molar-refractivity contribution in [2.75, 3.05) is 7.05 Å². The molecule has 3 rings (SSSR count). The molecule has 0 aromatic heterocycles. The average Bonchev–Trinajstić information content (AvgIpc) is 2.77. The molecular weight excluding hydrogens is 162 g/mol. The Bertz CT molecular complexity index is 206. The Morgan fingerprint density at radius 3 is 2.54 bits per heavy atom. The van der Waals surface area contributed by atoms with Crippen LogP contribution in [0.15, 0.2) is 0 Å². The molecule has 0 spiro atoms. The molecule has 3 aliphatic rings. The topological polar surface area (TPSA) is 21.3 Å². The maximum Gasteiger partial charge on any atom is 0.0612 e. The summed E-state index contributed by atoms with van der Waals surface area (Å²) in [7, 11) is 2.10. The number of nitrogens with one attached hydrogen (secondary N) is 1. The van der Waals surface area contributed by atoms with E-state index in [1.165, 1.54) is 32.1 Å². The number of hydrogen-bond acceptors (Lipinski definition) is 2. The van der Waals surface area contributed by atoms with Crippen LogP contribution < -0.4 is 5.32 Å². The zero-order valence-corrected chi connectivity index (χ0v) is 8.33. The molecule has 0 aromatic rings. The Morgan fingerprint density at radius 1 is 1.00 bits per heavy atom. The van der Waals surface area contributed by atoms with E-state index < -0.39 is 0 Å². The third-order valence-electron chi connectivity index (χ3n) is 4.40. The number of fused-ring (bicyclic) bond motifs is 5. The first-order valence-corrected chi connectivity index (χ1v) is 5.71. The second kappa shape index (κ2) is 2.96. The Morgan fingerprint density at radius 2 is 1.77 bits per heavy atom. The highest BCUT2D eigenvalue weighted by Crippen LogP contribution is 2.49. The highest BCUT2D eigenvalue weighted by Gasteiger charge is 2.50. The summed E-state index contributed by atoms with van der Waals surface area (Å²) >= 11 is 0. The normalized spacial score (nSPS) is 53.8. The summed E-state index contributed by atoms with van der Waals surface area (Å²) < 4.78 is 5.98. The van der Waals surface area contributed by atoms with Gasteiger partial charge in [0, 0.05) is 6.04 Å². The van der Waals surface area contributed by atoms with Crippen molar-refractivity contribution in [3.05, 3.63) is 0 Å². The van der Waals surface area contributed by atoms with Gasteiger partial charge in [-0.1, -0.05) is 0 Å². The molecule has 3 fully saturated rings. The molecule has 5 atom stereocenters. The highest BCUT2D eigenvalue weighted by atomic mass is 16.5. The van der Waals surface area contributed by atoms with Crippen molar-refractivity contribution in [1.82, 2.24) is 5.32 Å². The Labute approximate surface area is 80.0 Å². The van der Waals surface area contributed by atoms with Gasteiger partial charge in [-0.3, -0.25) is 0 Å². The quantitative estimate of drug-likeness (QED) is 0.662. The third-order valence-corrected chi connectivity index (χ3v) is 4.40. The lowest BCUT2D eigenvalue weighted by atomic mass is 9.69. The third kappa shape index (κ3) is 1.15. The molecule has 2 heteroatoms. The van der Waals surface area contributed by atoms with Crippen molar-refractivity contribution in [1.29, 1.82) is 0 Å². The van der Waals surface area contributed by atoms with Gasteiger partial charge >= 0.3 is 0 Å². The van der Waals surface area contributed by atoms with Gasteiger partial charge < -0.3 is 10.1 Å². The standard InChI is InChI=1S/C11H19NO/c1-12-7-2-3-8-9(6-7)11-5-4-10(8)13-11/h7-12H,2-6H2,1H3. The first kappa shape index (κ1) is 8.25. The van der Waals surface area contributed by atoms with Gasteiger partial charge in [0.1, 0.15) is 0 Å². The van der Waals surface area contributed by atoms with Gasteiger partial charge in [-0.25, -0.2) is 0 Å². The minimum Gasteiger partial charge on any atom is -0.374 e. The molecule has 2 bridgehead atoms. The zero-order chi connectivity index (χ0) is 8.84. The van der Waals surface area contributed by atoms with Crippen LogP contribution in [0.4, 0.5) is 0 Å². The molecule has 1 N–H and O–H groups in total. The fourth-order valence-electron chi connectivity index (χ4n) is 3.70. The Hall–Kier alpha value is -0.0800. The van der Waals surface area contributed by atoms with Gasteiger partial charge in [0.15, 0.2) is 0 Å². The predicted octanol–water partition coefficient (Wildman–Crippen LogP) is 1.55. The van der Waals surface area contributed by atoms with Gasteiger partial charge in [-0.15, -0.1) is 0 Å². The van der Waals surface area contributed by atoms with E-state index in [-0.39, 0.29) is 0 Å². The lowest BCUT2D eigenvalue weighted by Crippen LogP contribution is -2.40. The number of rotatable bonds is 1. The van der Waals surface area contributed by atoms with E-state index in [2.05, 4.69) is 12.4 Å². The van der Waals surface area contributed by atoms with Crippen molar-refractivity contribution in [2.45, 2.75) is 50.4 Å². The van der Waals surface area contributed by atoms with Crippen LogP contribution in [-0.4, -0.2) is 25.3 Å². The van der Waals surface area contributed by atoms with Crippen LogP contribution in [0.25, 0.3) is 0 Å². The molecule has 1 aliphatic carbocycles. The minimum atomic E-state index is 0.631. The average molecular weight is 181 g/mol. The minimum absolute atomic E-state index is 0.631. The smallest absolute Gasteiger partial charge is 0.0612 e. The molecule has 5 unspecified atom stereocenters. The zero-order valence-electron chi connectivity index (χ0n) is 8.33. The van der Waals surface area contributed by atoms with Gasteiger partial charge in [0.2, 0.25) is 0 Å². The maximum atomic E-state index is 5.98. The fraction of sp³-hybridized carbons (Fsp3) is 1.00. The van der Waals surface area contributed by atoms with Crippen LogP contribution in [0.2, 0.25) is 0 Å². The molecule has 2 nitrogen and oxygen atoms in total. The van der Waals surface area contributed by atoms with Gasteiger partial charge in [0.05, 0.1) is 12.2 Å². The summed E-state index contributed by atoms with van der Waals surface area (Å²) in [6.07, 6.45) is 8.08. The molecule has 13 heavy (non-hydrogen) atoms. The summed E-state index contributed by atoms with van der Waals surface area (Å²) in [5.74, 6) is 1.81. The van der Waals surface area contributed by atoms with Crippen molar-refractivity contribution in [2.24, 2.45) is 11.8 Å². The highest BCUT2D eigenvalue weighted by molar-refractivity contribution is 5.00. The summed E-state index contributed by atoms with van der Waals surface area (Å²) in [5.41, 5.74) is 0. The molecule has 0 amide bonds. The van der Waals surface area contributed by atoms with Crippen molar-refractivity contribution >= 4 is 0 Å². The summed E-state index contributed by atoms with van der Waals surface area (Å²) in [6, 6.07) is 0.768. The molecule has 0 aromatic carbocycles. The summed E-state index contributed by atoms with van der Waals surface area (Å²) in [6.45, 7) is 0. The van der Waals surface area contributed by atoms with Gasteiger partial charge in [0.25, 0.3) is 0 Å². The first-order valence-electron chi connectivity index (χ1n) is 5.71. The molecule has 2 aliphatic heterocycles. The molecule has 1 saturated carbocycles. The summed E-state index contributed by atoms with van der Waals surface area (Å²) in [5, 5.41) is 3.42. The van der Waals surface area contributed by atoms with E-state index in [1.54, 1.807) is 0 Å². The van der Waals surface area contributed by atoms with Crippen LogP contribution in [-0.2, 0) is 4.74 Å².